The normalized spacial score (nSPS) is 10.7. The topological polar surface area (TPSA) is 76.0 Å². The molecule has 104 valence electrons. The summed E-state index contributed by atoms with van der Waals surface area (Å²) in [6.07, 6.45) is 0.617. The van der Waals surface area contributed by atoms with Crippen LogP contribution in [-0.2, 0) is 0 Å². The van der Waals surface area contributed by atoms with E-state index in [1.54, 1.807) is 6.07 Å². The number of carbonyl (C=O) groups excluding carboxylic acids is 1. The van der Waals surface area contributed by atoms with Gasteiger partial charge in [0.1, 0.15) is 5.82 Å². The van der Waals surface area contributed by atoms with E-state index in [2.05, 4.69) is 4.98 Å². The van der Waals surface area contributed by atoms with E-state index in [9.17, 15) is 19.3 Å². The van der Waals surface area contributed by atoms with Crippen molar-refractivity contribution >= 4 is 22.9 Å². The first-order chi connectivity index (χ1) is 10.1. The maximum absolute atomic E-state index is 13.3. The number of nitro benzene ring substituents is 1. The van der Waals surface area contributed by atoms with Crippen LogP contribution < -0.4 is 0 Å². The summed E-state index contributed by atoms with van der Waals surface area (Å²) in [5.41, 5.74) is 1.75. The van der Waals surface area contributed by atoms with Crippen LogP contribution in [-0.4, -0.2) is 16.2 Å². The molecule has 6 heteroatoms. The van der Waals surface area contributed by atoms with E-state index in [0.29, 0.717) is 28.4 Å². The molecule has 0 saturated carbocycles. The van der Waals surface area contributed by atoms with Crippen molar-refractivity contribution in [2.45, 2.75) is 0 Å². The molecule has 1 heterocycles. The van der Waals surface area contributed by atoms with Crippen LogP contribution in [0.5, 0.6) is 0 Å². The Labute approximate surface area is 118 Å². The molecular weight excluding hydrogens is 275 g/mol. The van der Waals surface area contributed by atoms with Crippen LogP contribution in [0.1, 0.15) is 10.4 Å². The number of hydrogen-bond donors (Lipinski definition) is 1. The third-order valence-electron chi connectivity index (χ3n) is 3.26. The van der Waals surface area contributed by atoms with Crippen LogP contribution in [0.25, 0.3) is 22.2 Å². The van der Waals surface area contributed by atoms with Gasteiger partial charge >= 0.3 is 0 Å². The second-order valence-electron chi connectivity index (χ2n) is 4.53. The average molecular weight is 284 g/mol. The number of aldehydes is 1. The van der Waals surface area contributed by atoms with E-state index in [0.717, 1.165) is 0 Å². The lowest BCUT2D eigenvalue weighted by molar-refractivity contribution is -0.384. The average Bonchev–Trinajstić information content (AvgIpc) is 2.85. The van der Waals surface area contributed by atoms with Crippen LogP contribution in [0.15, 0.2) is 42.5 Å². The largest absolute Gasteiger partial charge is 0.354 e. The Balaban J connectivity index is 2.27. The lowest BCUT2D eigenvalue weighted by Gasteiger charge is -2.00. The molecule has 0 saturated heterocycles. The van der Waals surface area contributed by atoms with Gasteiger partial charge in [0.2, 0.25) is 0 Å². The lowest BCUT2D eigenvalue weighted by Crippen LogP contribution is -1.89. The summed E-state index contributed by atoms with van der Waals surface area (Å²) >= 11 is 0. The summed E-state index contributed by atoms with van der Waals surface area (Å²) < 4.78 is 13.3. The van der Waals surface area contributed by atoms with Crippen LogP contribution in [0.3, 0.4) is 0 Å². The summed E-state index contributed by atoms with van der Waals surface area (Å²) in [5.74, 6) is -0.449. The number of hydrogen-bond acceptors (Lipinski definition) is 3. The zero-order valence-corrected chi connectivity index (χ0v) is 10.7. The summed E-state index contributed by atoms with van der Waals surface area (Å²) in [7, 11) is 0. The fourth-order valence-electron chi connectivity index (χ4n) is 2.31. The van der Waals surface area contributed by atoms with Gasteiger partial charge in [-0.15, -0.1) is 0 Å². The van der Waals surface area contributed by atoms with Crippen molar-refractivity contribution < 1.29 is 14.1 Å². The number of aromatic nitrogens is 1. The third-order valence-corrected chi connectivity index (χ3v) is 3.26. The molecule has 0 amide bonds. The minimum atomic E-state index is -0.508. The van der Waals surface area contributed by atoms with Crippen LogP contribution in [0, 0.1) is 15.9 Å². The highest BCUT2D eigenvalue weighted by molar-refractivity contribution is 6.04. The van der Waals surface area contributed by atoms with Crippen molar-refractivity contribution in [3.05, 3.63) is 64.0 Å². The van der Waals surface area contributed by atoms with Crippen LogP contribution in [0.2, 0.25) is 0 Å². The fraction of sp³-hybridized carbons (Fsp3) is 0. The monoisotopic (exact) mass is 284 g/mol. The Hall–Kier alpha value is -3.02. The van der Waals surface area contributed by atoms with Gasteiger partial charge in [-0.05, 0) is 18.2 Å². The number of fused-ring (bicyclic) bond motifs is 1. The maximum atomic E-state index is 13.3. The second-order valence-corrected chi connectivity index (χ2v) is 4.53. The highest BCUT2D eigenvalue weighted by Gasteiger charge is 2.15. The smallest absolute Gasteiger partial charge is 0.270 e. The minimum Gasteiger partial charge on any atom is -0.354 e. The van der Waals surface area contributed by atoms with Crippen LogP contribution >= 0.6 is 0 Å². The molecule has 1 N–H and O–H groups in total. The number of nitrogens with one attached hydrogen (secondary N) is 1. The van der Waals surface area contributed by atoms with Crippen LogP contribution in [0.4, 0.5) is 10.1 Å². The van der Waals surface area contributed by atoms with Gasteiger partial charge < -0.3 is 4.98 Å². The highest BCUT2D eigenvalue weighted by Crippen LogP contribution is 2.31. The molecule has 21 heavy (non-hydrogen) atoms. The van der Waals surface area contributed by atoms with Crippen molar-refractivity contribution in [1.29, 1.82) is 0 Å². The fourth-order valence-corrected chi connectivity index (χ4v) is 2.31. The SMILES string of the molecule is O=Cc1c(-c2cccc([N+](=O)[O-])c2)[nH]c2ccc(F)cc12. The molecular formula is C15H9FN2O3. The number of halogens is 1. The van der Waals surface area contributed by atoms with Gasteiger partial charge in [0, 0.05) is 34.2 Å². The van der Waals surface area contributed by atoms with Crippen molar-refractivity contribution in [2.75, 3.05) is 0 Å². The summed E-state index contributed by atoms with van der Waals surface area (Å²) in [6, 6.07) is 10.00. The molecule has 0 unspecified atom stereocenters. The van der Waals surface area contributed by atoms with Crippen molar-refractivity contribution in [2.24, 2.45) is 0 Å². The van der Waals surface area contributed by atoms with E-state index < -0.39 is 10.7 Å². The Morgan fingerprint density at radius 3 is 2.71 bits per heavy atom. The molecule has 0 radical (unpaired) electrons. The van der Waals surface area contributed by atoms with Gasteiger partial charge in [-0.3, -0.25) is 14.9 Å². The van der Waals surface area contributed by atoms with Gasteiger partial charge in [0.05, 0.1) is 10.6 Å². The van der Waals surface area contributed by atoms with Gasteiger partial charge in [-0.1, -0.05) is 12.1 Å². The number of aromatic amines is 1. The quantitative estimate of drug-likeness (QED) is 0.452. The summed E-state index contributed by atoms with van der Waals surface area (Å²) in [6.45, 7) is 0. The first kappa shape index (κ1) is 13.0. The molecule has 0 aliphatic rings. The Morgan fingerprint density at radius 2 is 2.00 bits per heavy atom. The lowest BCUT2D eigenvalue weighted by atomic mass is 10.1. The molecule has 0 spiro atoms. The number of nitro groups is 1. The third kappa shape index (κ3) is 2.16. The minimum absolute atomic E-state index is 0.0748. The molecule has 3 rings (SSSR count). The van der Waals surface area contributed by atoms with E-state index in [1.807, 2.05) is 0 Å². The number of H-pyrrole nitrogens is 1. The number of benzene rings is 2. The molecule has 1 aromatic heterocycles. The number of carbonyl (C=O) groups is 1. The summed E-state index contributed by atoms with van der Waals surface area (Å²) in [5, 5.41) is 11.3. The Bertz CT molecular complexity index is 870. The van der Waals surface area contributed by atoms with Crippen molar-refractivity contribution in [3.63, 3.8) is 0 Å². The Kier molecular flexibility index (Phi) is 2.98. The maximum Gasteiger partial charge on any atom is 0.270 e. The predicted octanol–water partition coefficient (Wildman–Crippen LogP) is 3.69. The van der Waals surface area contributed by atoms with E-state index in [1.165, 1.54) is 36.4 Å². The number of nitrogens with zero attached hydrogens (tertiary/aromatic N) is 1. The van der Waals surface area contributed by atoms with Gasteiger partial charge in [0.15, 0.2) is 6.29 Å². The Morgan fingerprint density at radius 1 is 1.19 bits per heavy atom. The molecule has 3 aromatic rings. The molecule has 0 aliphatic carbocycles. The molecule has 0 bridgehead atoms. The van der Waals surface area contributed by atoms with Crippen molar-refractivity contribution in [1.82, 2.24) is 4.98 Å². The zero-order valence-electron chi connectivity index (χ0n) is 10.7. The van der Waals surface area contributed by atoms with Gasteiger partial charge in [-0.25, -0.2) is 4.39 Å². The van der Waals surface area contributed by atoms with E-state index in [4.69, 9.17) is 0 Å². The van der Waals surface area contributed by atoms with Crippen molar-refractivity contribution in [3.8, 4) is 11.3 Å². The molecule has 0 aliphatic heterocycles. The van der Waals surface area contributed by atoms with Gasteiger partial charge in [-0.2, -0.15) is 0 Å². The molecule has 2 aromatic carbocycles. The first-order valence-electron chi connectivity index (χ1n) is 6.11. The standard InChI is InChI=1S/C15H9FN2O3/c16-10-4-5-14-12(7-10)13(8-19)15(17-14)9-2-1-3-11(6-9)18(20)21/h1-8,17H. The van der Waals surface area contributed by atoms with Gasteiger partial charge in [0.25, 0.3) is 5.69 Å². The number of rotatable bonds is 3. The van der Waals surface area contributed by atoms with E-state index >= 15 is 0 Å². The number of non-ortho nitro benzene ring substituents is 1. The highest BCUT2D eigenvalue weighted by atomic mass is 19.1. The van der Waals surface area contributed by atoms with E-state index in [-0.39, 0.29) is 11.3 Å². The first-order valence-corrected chi connectivity index (χ1v) is 6.11. The molecule has 5 nitrogen and oxygen atoms in total. The summed E-state index contributed by atoms with van der Waals surface area (Å²) in [4.78, 5) is 24.7. The molecule has 0 atom stereocenters. The predicted molar refractivity (Wildman–Crippen MR) is 75.7 cm³/mol. The zero-order chi connectivity index (χ0) is 15.0. The second kappa shape index (κ2) is 4.82. The molecule has 0 fully saturated rings.